The first-order valence-corrected chi connectivity index (χ1v) is 24.4. The van der Waals surface area contributed by atoms with Crippen LogP contribution in [0.25, 0.3) is 0 Å². The lowest BCUT2D eigenvalue weighted by Gasteiger charge is -2.58. The van der Waals surface area contributed by atoms with Crippen LogP contribution in [0.5, 0.6) is 0 Å². The summed E-state index contributed by atoms with van der Waals surface area (Å²) in [7, 11) is 0. The van der Waals surface area contributed by atoms with Gasteiger partial charge < -0.3 is 14.8 Å². The summed E-state index contributed by atoms with van der Waals surface area (Å²) in [5, 5.41) is 3.14. The zero-order valence-electron chi connectivity index (χ0n) is 33.6. The fourth-order valence-electron chi connectivity index (χ4n) is 11.4. The van der Waals surface area contributed by atoms with Gasteiger partial charge in [0.15, 0.2) is 0 Å². The Morgan fingerprint density at radius 2 is 1.68 bits per heavy atom. The second kappa shape index (κ2) is 20.1. The molecule has 4 aliphatic carbocycles. The van der Waals surface area contributed by atoms with Gasteiger partial charge in [0.05, 0.1) is 13.0 Å². The Hall–Kier alpha value is 0.0500. The third kappa shape index (κ3) is 11.0. The maximum atomic E-state index is 12.9. The van der Waals surface area contributed by atoms with Crippen LogP contribution in [-0.2, 0) is 25.5 Å². The molecule has 0 heterocycles. The molecule has 5 nitrogen and oxygen atoms in total. The highest BCUT2D eigenvalue weighted by Crippen LogP contribution is 2.67. The number of carbonyl (C=O) groups excluding carboxylic acids is 2. The number of hydrogen-bond donors (Lipinski definition) is 1. The Labute approximate surface area is 363 Å². The zero-order valence-corrected chi connectivity index (χ0v) is 40.0. The summed E-state index contributed by atoms with van der Waals surface area (Å²) < 4.78 is 15.6. The van der Waals surface area contributed by atoms with Crippen molar-refractivity contribution in [3.05, 3.63) is 40.1 Å². The summed E-state index contributed by atoms with van der Waals surface area (Å²) in [6.45, 7) is 16.3. The maximum absolute atomic E-state index is 12.9. The largest absolute Gasteiger partial charge is 0.462 e. The van der Waals surface area contributed by atoms with Crippen LogP contribution in [0.2, 0.25) is 0 Å². The molecule has 0 saturated heterocycles. The predicted molar refractivity (Wildman–Crippen MR) is 243 cm³/mol. The summed E-state index contributed by atoms with van der Waals surface area (Å²) in [4.78, 5) is 25.8. The highest BCUT2D eigenvalue weighted by atomic mass is 127. The van der Waals surface area contributed by atoms with E-state index in [1.165, 1.54) is 67.6 Å². The van der Waals surface area contributed by atoms with E-state index in [0.717, 1.165) is 80.5 Å². The summed E-state index contributed by atoms with van der Waals surface area (Å²) in [6, 6.07) is 4.36. The SMILES string of the molecule is CCC(Cc1c(I)cc(I)cc1I)C(=O)NCCCCOCCC(=O)O[C@H]1CC[C@@]2(C)C(=CCC3C2CC[C@@]2(C)C3CC[C@@H]2[C@H](C)CCCC(C)C)C1. The van der Waals surface area contributed by atoms with E-state index >= 15 is 0 Å². The number of rotatable bonds is 18. The number of halogens is 3. The highest BCUT2D eigenvalue weighted by Gasteiger charge is 2.59. The first-order chi connectivity index (χ1) is 25.3. The third-order valence-electron chi connectivity index (χ3n) is 14.4. The van der Waals surface area contributed by atoms with E-state index in [1.54, 1.807) is 5.57 Å². The lowest BCUT2D eigenvalue weighted by atomic mass is 9.47. The molecule has 0 spiro atoms. The van der Waals surface area contributed by atoms with Crippen LogP contribution in [0.4, 0.5) is 0 Å². The van der Waals surface area contributed by atoms with Crippen LogP contribution in [0, 0.1) is 63.0 Å². The Balaban J connectivity index is 0.981. The van der Waals surface area contributed by atoms with Gasteiger partial charge in [-0.25, -0.2) is 0 Å². The van der Waals surface area contributed by atoms with Crippen LogP contribution in [0.1, 0.15) is 143 Å². The lowest BCUT2D eigenvalue weighted by Crippen LogP contribution is -2.51. The molecule has 1 aromatic carbocycles. The molecule has 0 radical (unpaired) electrons. The van der Waals surface area contributed by atoms with Gasteiger partial charge >= 0.3 is 5.97 Å². The number of carbonyl (C=O) groups is 2. The van der Waals surface area contributed by atoms with Gasteiger partial charge in [0.2, 0.25) is 5.91 Å². The van der Waals surface area contributed by atoms with E-state index in [1.807, 2.05) is 0 Å². The summed E-state index contributed by atoms with van der Waals surface area (Å²) >= 11 is 7.12. The monoisotopic (exact) mass is 1070 g/mol. The Kier molecular flexibility index (Phi) is 16.8. The maximum Gasteiger partial charge on any atom is 0.308 e. The highest BCUT2D eigenvalue weighted by molar-refractivity contribution is 14.1. The molecule has 3 fully saturated rings. The van der Waals surface area contributed by atoms with Crippen molar-refractivity contribution < 1.29 is 19.1 Å². The fourth-order valence-corrected chi connectivity index (χ4v) is 15.4. The van der Waals surface area contributed by atoms with Crippen LogP contribution < -0.4 is 5.32 Å². The topological polar surface area (TPSA) is 64.6 Å². The molecule has 0 aliphatic heterocycles. The molecule has 4 unspecified atom stereocenters. The molecule has 4 aliphatic rings. The first-order valence-electron chi connectivity index (χ1n) is 21.1. The van der Waals surface area contributed by atoms with Crippen molar-refractivity contribution >= 4 is 79.6 Å². The average Bonchev–Trinajstić information content (AvgIpc) is 3.46. The third-order valence-corrected chi connectivity index (χ3v) is 17.0. The second-order valence-corrected chi connectivity index (χ2v) is 21.7. The van der Waals surface area contributed by atoms with Crippen molar-refractivity contribution in [1.29, 1.82) is 0 Å². The van der Waals surface area contributed by atoms with Crippen molar-refractivity contribution in [2.45, 2.75) is 150 Å². The number of ether oxygens (including phenoxy) is 2. The summed E-state index contributed by atoms with van der Waals surface area (Å²) in [5.41, 5.74) is 3.64. The quantitative estimate of drug-likeness (QED) is 0.0689. The van der Waals surface area contributed by atoms with E-state index in [-0.39, 0.29) is 29.3 Å². The number of benzene rings is 1. The van der Waals surface area contributed by atoms with Crippen molar-refractivity contribution in [1.82, 2.24) is 5.32 Å². The van der Waals surface area contributed by atoms with E-state index in [9.17, 15) is 9.59 Å². The van der Waals surface area contributed by atoms with E-state index in [4.69, 9.17) is 9.47 Å². The Morgan fingerprint density at radius 3 is 2.40 bits per heavy atom. The molecule has 5 rings (SSSR count). The van der Waals surface area contributed by atoms with Gasteiger partial charge in [-0.3, -0.25) is 9.59 Å². The number of esters is 1. The van der Waals surface area contributed by atoms with Crippen molar-refractivity contribution in [2.75, 3.05) is 19.8 Å². The van der Waals surface area contributed by atoms with Gasteiger partial charge in [-0.2, -0.15) is 0 Å². The minimum Gasteiger partial charge on any atom is -0.462 e. The van der Waals surface area contributed by atoms with Crippen LogP contribution in [0.15, 0.2) is 23.8 Å². The standard InChI is InChI=1S/C45H68I3NO4/c1-7-31(25-36-40(47)27-33(46)28-41(36)48)43(51)49-22-8-9-23-52-24-19-42(50)53-34-17-20-44(5)32(26-34)13-14-35-38-16-15-37(30(4)12-10-11-29(2)3)45(38,6)21-18-39(35)44/h13,27-31,34-35,37-39H,7-12,14-26H2,1-6H3,(H,49,51)/t30-,31?,34+,35?,37-,38?,39?,44+,45-/m1/s1. The molecule has 1 aromatic rings. The van der Waals surface area contributed by atoms with E-state index in [0.29, 0.717) is 31.6 Å². The summed E-state index contributed by atoms with van der Waals surface area (Å²) in [6.07, 6.45) is 20.3. The number of amides is 1. The van der Waals surface area contributed by atoms with Crippen LogP contribution in [0.3, 0.4) is 0 Å². The Morgan fingerprint density at radius 1 is 0.925 bits per heavy atom. The van der Waals surface area contributed by atoms with Crippen molar-refractivity contribution in [3.63, 3.8) is 0 Å². The van der Waals surface area contributed by atoms with Crippen molar-refractivity contribution in [2.24, 2.45) is 52.3 Å². The van der Waals surface area contributed by atoms with Gasteiger partial charge in [0, 0.05) is 36.2 Å². The molecule has 3 saturated carbocycles. The average molecular weight is 1070 g/mol. The molecule has 1 amide bonds. The second-order valence-electron chi connectivity index (χ2n) is 18.2. The van der Waals surface area contributed by atoms with Crippen molar-refractivity contribution in [3.8, 4) is 0 Å². The van der Waals surface area contributed by atoms with Crippen LogP contribution >= 0.6 is 67.8 Å². The smallest absolute Gasteiger partial charge is 0.308 e. The van der Waals surface area contributed by atoms with Gasteiger partial charge in [0.25, 0.3) is 0 Å². The van der Waals surface area contributed by atoms with E-state index in [2.05, 4.69) is 133 Å². The minimum atomic E-state index is -0.129. The number of allylic oxidation sites excluding steroid dienone is 1. The molecule has 53 heavy (non-hydrogen) atoms. The fraction of sp³-hybridized carbons (Fsp3) is 0.778. The molecular formula is C45H68I3NO4. The zero-order chi connectivity index (χ0) is 38.3. The van der Waals surface area contributed by atoms with Gasteiger partial charge in [-0.05, 0) is 202 Å². The molecule has 298 valence electrons. The van der Waals surface area contributed by atoms with Gasteiger partial charge in [0.1, 0.15) is 6.10 Å². The number of unbranched alkanes of at least 4 members (excludes halogenated alkanes) is 1. The first kappa shape index (κ1) is 44.2. The number of nitrogens with one attached hydrogen (secondary N) is 1. The predicted octanol–water partition coefficient (Wildman–Crippen LogP) is 12.3. The molecule has 0 aromatic heterocycles. The number of fused-ring (bicyclic) bond motifs is 5. The van der Waals surface area contributed by atoms with Gasteiger partial charge in [-0.1, -0.05) is 72.5 Å². The molecule has 9 atom stereocenters. The van der Waals surface area contributed by atoms with Crippen LogP contribution in [-0.4, -0.2) is 37.7 Å². The van der Waals surface area contributed by atoms with E-state index < -0.39 is 0 Å². The normalized spacial score (nSPS) is 30.5. The molecular weight excluding hydrogens is 999 g/mol. The lowest BCUT2D eigenvalue weighted by molar-refractivity contribution is -0.152. The molecule has 0 bridgehead atoms. The van der Waals surface area contributed by atoms with Gasteiger partial charge in [-0.15, -0.1) is 0 Å². The molecule has 1 N–H and O–H groups in total. The summed E-state index contributed by atoms with van der Waals surface area (Å²) in [5.74, 6) is 5.03. The Bertz CT molecular complexity index is 1410. The minimum absolute atomic E-state index is 0.00270. The number of hydrogen-bond acceptors (Lipinski definition) is 4. The molecule has 8 heteroatoms.